The highest BCUT2D eigenvalue weighted by Gasteiger charge is 2.65. The van der Waals surface area contributed by atoms with Gasteiger partial charge in [-0.05, 0) is 93.4 Å². The van der Waals surface area contributed by atoms with Crippen LogP contribution in [0.5, 0.6) is 11.5 Å². The first-order chi connectivity index (χ1) is 35.3. The number of hydrogen-bond acceptors (Lipinski definition) is 10. The molecule has 1 aromatic carbocycles. The van der Waals surface area contributed by atoms with Crippen molar-refractivity contribution in [1.82, 2.24) is 10.2 Å². The Morgan fingerprint density at radius 3 is 2.10 bits per heavy atom. The molecule has 72 heavy (non-hydrogen) atoms. The molecule has 4 aliphatic rings. The number of ether oxygens (including phenoxy) is 4. The fourth-order valence-corrected chi connectivity index (χ4v) is 12.0. The van der Waals surface area contributed by atoms with Crippen molar-refractivity contribution in [3.05, 3.63) is 48.1 Å². The minimum Gasteiger partial charge on any atom is -0.459 e. The Balaban J connectivity index is 1.51. The number of hydrogen-bond donors (Lipinski definition) is 3. The van der Waals surface area contributed by atoms with Crippen LogP contribution in [0, 0.1) is 17.8 Å². The zero-order chi connectivity index (χ0) is 51.2. The number of nitrogens with zero attached hydrogens (tertiary/aromatic N) is 2. The van der Waals surface area contributed by atoms with Gasteiger partial charge in [-0.1, -0.05) is 160 Å². The van der Waals surface area contributed by atoms with Crippen LogP contribution in [0.1, 0.15) is 231 Å². The van der Waals surface area contributed by atoms with Crippen molar-refractivity contribution in [3.63, 3.8) is 0 Å². The van der Waals surface area contributed by atoms with E-state index in [0.717, 1.165) is 100 Å². The molecule has 2 heterocycles. The minimum atomic E-state index is -1.33. The highest BCUT2D eigenvalue weighted by molar-refractivity contribution is 6.03. The van der Waals surface area contributed by atoms with Crippen molar-refractivity contribution in [2.75, 3.05) is 39.5 Å². The van der Waals surface area contributed by atoms with Crippen molar-refractivity contribution in [2.45, 2.75) is 244 Å². The predicted octanol–water partition coefficient (Wildman–Crippen LogP) is 14.0. The molecule has 0 spiro atoms. The number of oxime groups is 1. The zero-order valence-corrected chi connectivity index (χ0v) is 45.4. The van der Waals surface area contributed by atoms with E-state index >= 15 is 0 Å². The van der Waals surface area contributed by atoms with Crippen molar-refractivity contribution < 1.29 is 43.6 Å². The van der Waals surface area contributed by atoms with Crippen LogP contribution in [-0.2, 0) is 19.1 Å². The van der Waals surface area contributed by atoms with Gasteiger partial charge in [-0.25, -0.2) is 4.79 Å². The Hall–Kier alpha value is -3.45. The van der Waals surface area contributed by atoms with Crippen LogP contribution in [0.25, 0.3) is 0 Å². The molecule has 2 amide bonds. The number of allylic oxidation sites excluding steroid dienone is 1. The lowest BCUT2D eigenvalue weighted by molar-refractivity contribution is -0.257. The smallest absolute Gasteiger partial charge is 0.412 e. The van der Waals surface area contributed by atoms with E-state index < -0.39 is 30.1 Å². The number of carbonyl (C=O) groups is 2. The van der Waals surface area contributed by atoms with Gasteiger partial charge in [-0.15, -0.1) is 6.58 Å². The summed E-state index contributed by atoms with van der Waals surface area (Å²) < 4.78 is 26.8. The molecule has 408 valence electrons. The summed E-state index contributed by atoms with van der Waals surface area (Å²) in [4.78, 5) is 36.7. The molecular weight excluding hydrogens is 907 g/mol. The number of unbranched alkanes of at least 4 members (excludes halogenated alkanes) is 19. The van der Waals surface area contributed by atoms with Crippen LogP contribution in [0.4, 0.5) is 4.79 Å². The Kier molecular flexibility index (Phi) is 28.2. The summed E-state index contributed by atoms with van der Waals surface area (Å²) >= 11 is 0. The summed E-state index contributed by atoms with van der Waals surface area (Å²) in [6.07, 6.45) is 34.9. The van der Waals surface area contributed by atoms with E-state index in [1.54, 1.807) is 12.1 Å². The zero-order valence-electron chi connectivity index (χ0n) is 45.4. The number of amides is 2. The molecule has 0 radical (unpaired) electrons. The van der Waals surface area contributed by atoms with Gasteiger partial charge in [0.1, 0.15) is 17.5 Å². The number of aliphatic hydroxyl groups excluding tert-OH is 2. The topological polar surface area (TPSA) is 148 Å². The molecule has 1 unspecified atom stereocenters. The largest absolute Gasteiger partial charge is 0.459 e. The SMILES string of the molecule is C=CCO[C@@]12Oc3ccc(OC(=O)NCCCCCCCCCCCC)cc3[C@H]3[C@H](CCCCO)[C@@H](CCCCO)C=C(C(=NOC4CCCCO4)C[C@@H]1N(CCC)C(=O)CCCCCCCCCCC)[C@H]32. The van der Waals surface area contributed by atoms with Gasteiger partial charge in [-0.3, -0.25) is 4.79 Å². The molecule has 7 atom stereocenters. The van der Waals surface area contributed by atoms with E-state index in [-0.39, 0.29) is 43.5 Å². The summed E-state index contributed by atoms with van der Waals surface area (Å²) in [6, 6.07) is 5.14. The van der Waals surface area contributed by atoms with Gasteiger partial charge in [0, 0.05) is 57.0 Å². The quantitative estimate of drug-likeness (QED) is 0.0334. The molecule has 5 rings (SSSR count). The molecule has 2 fully saturated rings. The first-order valence-electron chi connectivity index (χ1n) is 29.5. The van der Waals surface area contributed by atoms with Gasteiger partial charge in [0.05, 0.1) is 24.8 Å². The Labute approximate surface area is 435 Å². The first kappa shape index (κ1) is 59.4. The maximum Gasteiger partial charge on any atom is 0.412 e. The third-order valence-electron chi connectivity index (χ3n) is 15.7. The average Bonchev–Trinajstić information content (AvgIpc) is 3.39. The van der Waals surface area contributed by atoms with Crippen LogP contribution >= 0.6 is 0 Å². The molecule has 1 saturated carbocycles. The lowest BCUT2D eigenvalue weighted by atomic mass is 9.55. The van der Waals surface area contributed by atoms with Gasteiger partial charge in [0.25, 0.3) is 0 Å². The number of carbonyl (C=O) groups excluding carboxylic acids is 2. The Morgan fingerprint density at radius 2 is 1.47 bits per heavy atom. The highest BCUT2D eigenvalue weighted by atomic mass is 16.8. The van der Waals surface area contributed by atoms with Crippen molar-refractivity contribution in [1.29, 1.82) is 0 Å². The molecule has 1 saturated heterocycles. The lowest BCUT2D eigenvalue weighted by Gasteiger charge is -2.60. The van der Waals surface area contributed by atoms with Gasteiger partial charge in [0.2, 0.25) is 18.0 Å². The summed E-state index contributed by atoms with van der Waals surface area (Å²) in [6.45, 7) is 12.8. The van der Waals surface area contributed by atoms with Crippen molar-refractivity contribution in [2.24, 2.45) is 22.9 Å². The van der Waals surface area contributed by atoms with E-state index in [2.05, 4.69) is 38.7 Å². The molecule has 0 bridgehead atoms. The third kappa shape index (κ3) is 18.1. The molecule has 12 heteroatoms. The Bertz CT molecular complexity index is 1760. The summed E-state index contributed by atoms with van der Waals surface area (Å²) in [7, 11) is 0. The van der Waals surface area contributed by atoms with E-state index in [4.69, 9.17) is 28.9 Å². The van der Waals surface area contributed by atoms with Gasteiger partial charge in [-0.2, -0.15) is 0 Å². The van der Waals surface area contributed by atoms with Crippen LogP contribution in [0.3, 0.4) is 0 Å². The highest BCUT2D eigenvalue weighted by Crippen LogP contribution is 2.62. The molecule has 2 aliphatic heterocycles. The normalized spacial score (nSPS) is 23.9. The standard InChI is InChI=1S/C60H99N3O9/c1-5-9-11-13-15-17-19-21-23-28-38-61-59(67)70-48-36-37-53-51(45-48)57-49(33-26-30-41-65)47(32-25-29-40-64)44-50-52(62-72-56-35-27-31-43-68-56)46-54(60(71-53,58(50)57)69-42-8-4)63(39-7-3)55(66)34-24-22-20-18-16-14-12-10-6-2/h8,36-37,44-45,47,49,54,56-58,64-65H,4-7,9-35,38-43,46H2,1-3H3,(H,61,67)/t47-,49+,54-,56?,57+,58+,60+/m0/s1. The molecule has 3 N–H and O–H groups in total. The summed E-state index contributed by atoms with van der Waals surface area (Å²) in [5, 5.41) is 28.1. The number of rotatable bonds is 38. The van der Waals surface area contributed by atoms with Crippen molar-refractivity contribution in [3.8, 4) is 11.5 Å². The third-order valence-corrected chi connectivity index (χ3v) is 15.7. The monoisotopic (exact) mass is 1010 g/mol. The van der Waals surface area contributed by atoms with Crippen LogP contribution in [0.2, 0.25) is 0 Å². The van der Waals surface area contributed by atoms with E-state index in [0.29, 0.717) is 56.9 Å². The van der Waals surface area contributed by atoms with Gasteiger partial charge >= 0.3 is 6.09 Å². The van der Waals surface area contributed by atoms with Crippen molar-refractivity contribution >= 4 is 17.7 Å². The second-order valence-electron chi connectivity index (χ2n) is 21.3. The average molecular weight is 1010 g/mol. The number of aliphatic hydroxyl groups is 2. The number of benzene rings is 1. The Morgan fingerprint density at radius 1 is 0.819 bits per heavy atom. The number of fused-ring (bicyclic) bond motifs is 2. The first-order valence-corrected chi connectivity index (χ1v) is 29.5. The molecular formula is C60H99N3O9. The molecule has 12 nitrogen and oxygen atoms in total. The van der Waals surface area contributed by atoms with E-state index in [9.17, 15) is 19.8 Å². The minimum absolute atomic E-state index is 0.0543. The van der Waals surface area contributed by atoms with Gasteiger partial charge < -0.3 is 44.2 Å². The summed E-state index contributed by atoms with van der Waals surface area (Å²) in [5.74, 6) is -0.693. The summed E-state index contributed by atoms with van der Waals surface area (Å²) in [5.41, 5.74) is 2.67. The van der Waals surface area contributed by atoms with Crippen LogP contribution < -0.4 is 14.8 Å². The van der Waals surface area contributed by atoms with E-state index in [1.807, 2.05) is 17.0 Å². The second kappa shape index (κ2) is 34.2. The second-order valence-corrected chi connectivity index (χ2v) is 21.3. The maximum absolute atomic E-state index is 14.9. The van der Waals surface area contributed by atoms with Gasteiger partial charge in [0.15, 0.2) is 0 Å². The number of nitrogens with one attached hydrogen (secondary N) is 1. The molecule has 2 aliphatic carbocycles. The molecule has 0 aromatic heterocycles. The van der Waals surface area contributed by atoms with E-state index in [1.165, 1.54) is 89.9 Å². The fraction of sp³-hybridized carbons (Fsp3) is 0.783. The maximum atomic E-state index is 14.9. The molecule has 1 aromatic rings. The lowest BCUT2D eigenvalue weighted by Crippen LogP contribution is -2.70. The van der Waals surface area contributed by atoms with Crippen LogP contribution in [0.15, 0.2) is 47.7 Å². The predicted molar refractivity (Wildman–Crippen MR) is 289 cm³/mol. The fourth-order valence-electron chi connectivity index (χ4n) is 12.0. The van der Waals surface area contributed by atoms with Crippen LogP contribution in [-0.4, -0.2) is 90.5 Å².